The molecule has 0 saturated carbocycles. The summed E-state index contributed by atoms with van der Waals surface area (Å²) in [7, 11) is 0. The summed E-state index contributed by atoms with van der Waals surface area (Å²) >= 11 is 0. The lowest BCUT2D eigenvalue weighted by atomic mass is 10.1. The van der Waals surface area contributed by atoms with Gasteiger partial charge in [-0.3, -0.25) is 0 Å². The van der Waals surface area contributed by atoms with Gasteiger partial charge in [0.05, 0.1) is 11.6 Å². The van der Waals surface area contributed by atoms with Crippen LogP contribution in [0.15, 0.2) is 34.9 Å². The van der Waals surface area contributed by atoms with Gasteiger partial charge in [-0.15, -0.1) is 0 Å². The Morgan fingerprint density at radius 3 is 3.00 bits per heavy atom. The first-order valence-corrected chi connectivity index (χ1v) is 7.25. The van der Waals surface area contributed by atoms with Gasteiger partial charge in [-0.25, -0.2) is 4.98 Å². The number of nitrogens with zero attached hydrogens (tertiary/aromatic N) is 3. The molecule has 106 valence electrons. The minimum Gasteiger partial charge on any atom is -0.337 e. The monoisotopic (exact) mass is 280 g/mol. The topological polar surface area (TPSA) is 63.8 Å². The van der Waals surface area contributed by atoms with Crippen LogP contribution in [-0.4, -0.2) is 21.7 Å². The molecule has 21 heavy (non-hydrogen) atoms. The van der Waals surface area contributed by atoms with Crippen molar-refractivity contribution >= 4 is 10.9 Å². The van der Waals surface area contributed by atoms with E-state index in [1.54, 1.807) is 0 Å². The second-order valence-corrected chi connectivity index (χ2v) is 5.45. The maximum Gasteiger partial charge on any atom is 0.244 e. The number of nitrogens with one attached hydrogen (secondary N) is 1. The van der Waals surface area contributed by atoms with E-state index in [9.17, 15) is 0 Å². The van der Waals surface area contributed by atoms with E-state index in [1.807, 2.05) is 24.3 Å². The predicted octanol–water partition coefficient (Wildman–Crippen LogP) is 3.02. The lowest BCUT2D eigenvalue weighted by molar-refractivity contribution is 0.345. The maximum atomic E-state index is 5.39. The largest absolute Gasteiger partial charge is 0.337 e. The minimum atomic E-state index is 0.188. The Morgan fingerprint density at radius 1 is 1.24 bits per heavy atom. The summed E-state index contributed by atoms with van der Waals surface area (Å²) in [6.07, 6.45) is 2.20. The summed E-state index contributed by atoms with van der Waals surface area (Å²) in [4.78, 5) is 9.15. The van der Waals surface area contributed by atoms with Gasteiger partial charge in [0.2, 0.25) is 11.7 Å². The molecule has 1 atom stereocenters. The van der Waals surface area contributed by atoms with Crippen molar-refractivity contribution in [3.63, 3.8) is 0 Å². The third-order valence-electron chi connectivity index (χ3n) is 3.95. The molecule has 1 aromatic carbocycles. The summed E-state index contributed by atoms with van der Waals surface area (Å²) in [6, 6.07) is 10.3. The summed E-state index contributed by atoms with van der Waals surface area (Å²) in [5.41, 5.74) is 2.89. The van der Waals surface area contributed by atoms with Crippen molar-refractivity contribution in [2.75, 3.05) is 6.54 Å². The minimum absolute atomic E-state index is 0.188. The highest BCUT2D eigenvalue weighted by Crippen LogP contribution is 2.26. The van der Waals surface area contributed by atoms with Crippen LogP contribution in [0.2, 0.25) is 0 Å². The molecule has 1 unspecified atom stereocenters. The van der Waals surface area contributed by atoms with E-state index in [1.165, 1.54) is 5.56 Å². The Hall–Kier alpha value is -2.27. The summed E-state index contributed by atoms with van der Waals surface area (Å²) in [5.74, 6) is 1.22. The van der Waals surface area contributed by atoms with E-state index < -0.39 is 0 Å². The Morgan fingerprint density at radius 2 is 2.14 bits per heavy atom. The molecule has 1 N–H and O–H groups in total. The summed E-state index contributed by atoms with van der Waals surface area (Å²) in [5, 5.41) is 8.61. The van der Waals surface area contributed by atoms with Crippen molar-refractivity contribution in [3.05, 3.63) is 41.8 Å². The van der Waals surface area contributed by atoms with Crippen LogP contribution in [0.4, 0.5) is 0 Å². The van der Waals surface area contributed by atoms with Gasteiger partial charge < -0.3 is 9.84 Å². The molecular weight excluding hydrogens is 264 g/mol. The first-order chi connectivity index (χ1) is 10.3. The van der Waals surface area contributed by atoms with Gasteiger partial charge in [-0.1, -0.05) is 23.4 Å². The second kappa shape index (κ2) is 4.93. The zero-order chi connectivity index (χ0) is 14.2. The fraction of sp³-hybridized carbons (Fsp3) is 0.312. The van der Waals surface area contributed by atoms with Crippen LogP contribution in [0.25, 0.3) is 22.4 Å². The third kappa shape index (κ3) is 2.19. The van der Waals surface area contributed by atoms with Crippen molar-refractivity contribution in [1.29, 1.82) is 0 Å². The van der Waals surface area contributed by atoms with Gasteiger partial charge in [-0.2, -0.15) is 4.98 Å². The molecule has 0 spiro atoms. The van der Waals surface area contributed by atoms with Crippen LogP contribution in [0.1, 0.15) is 30.3 Å². The van der Waals surface area contributed by atoms with Gasteiger partial charge in [0.25, 0.3) is 0 Å². The molecule has 5 nitrogen and oxygen atoms in total. The highest BCUT2D eigenvalue weighted by Gasteiger charge is 2.23. The predicted molar refractivity (Wildman–Crippen MR) is 79.7 cm³/mol. The molecule has 5 heteroatoms. The lowest BCUT2D eigenvalue weighted by Gasteiger charge is -2.03. The SMILES string of the molecule is Cc1cc(-c2noc(C3CCCN3)n2)nc2ccccc12. The Balaban J connectivity index is 1.76. The molecule has 1 saturated heterocycles. The van der Waals surface area contributed by atoms with Crippen molar-refractivity contribution in [2.24, 2.45) is 0 Å². The van der Waals surface area contributed by atoms with Gasteiger partial charge in [0, 0.05) is 5.39 Å². The first-order valence-electron chi connectivity index (χ1n) is 7.25. The second-order valence-electron chi connectivity index (χ2n) is 5.45. The van der Waals surface area contributed by atoms with E-state index >= 15 is 0 Å². The van der Waals surface area contributed by atoms with Crippen molar-refractivity contribution in [1.82, 2.24) is 20.4 Å². The van der Waals surface area contributed by atoms with Crippen LogP contribution in [0.5, 0.6) is 0 Å². The number of fused-ring (bicyclic) bond motifs is 1. The number of hydrogen-bond donors (Lipinski definition) is 1. The number of benzene rings is 1. The molecule has 4 rings (SSSR count). The van der Waals surface area contributed by atoms with Crippen molar-refractivity contribution in [2.45, 2.75) is 25.8 Å². The van der Waals surface area contributed by atoms with Crippen molar-refractivity contribution < 1.29 is 4.52 Å². The van der Waals surface area contributed by atoms with Crippen LogP contribution in [0, 0.1) is 6.92 Å². The molecule has 0 bridgehead atoms. The van der Waals surface area contributed by atoms with Crippen LogP contribution in [0.3, 0.4) is 0 Å². The van der Waals surface area contributed by atoms with Crippen LogP contribution >= 0.6 is 0 Å². The molecule has 2 aromatic heterocycles. The van der Waals surface area contributed by atoms with Crippen LogP contribution < -0.4 is 5.32 Å². The van der Waals surface area contributed by atoms with E-state index in [0.29, 0.717) is 11.7 Å². The third-order valence-corrected chi connectivity index (χ3v) is 3.95. The Kier molecular flexibility index (Phi) is 2.93. The zero-order valence-electron chi connectivity index (χ0n) is 11.8. The van der Waals surface area contributed by atoms with E-state index in [-0.39, 0.29) is 6.04 Å². The molecule has 0 aliphatic carbocycles. The number of para-hydroxylation sites is 1. The summed E-state index contributed by atoms with van der Waals surface area (Å²) < 4.78 is 5.39. The number of pyridine rings is 1. The molecule has 0 radical (unpaired) electrons. The number of aromatic nitrogens is 3. The molecule has 1 fully saturated rings. The zero-order valence-corrected chi connectivity index (χ0v) is 11.8. The summed E-state index contributed by atoms with van der Waals surface area (Å²) in [6.45, 7) is 3.09. The smallest absolute Gasteiger partial charge is 0.244 e. The molecule has 0 amide bonds. The molecule has 3 heterocycles. The standard InChI is InChI=1S/C16H16N4O/c1-10-9-14(18-12-6-3-2-5-11(10)12)15-19-16(21-20-15)13-7-4-8-17-13/h2-3,5-6,9,13,17H,4,7-8H2,1H3. The van der Waals surface area contributed by atoms with Gasteiger partial charge in [0.15, 0.2) is 0 Å². The number of aryl methyl sites for hydroxylation is 1. The quantitative estimate of drug-likeness (QED) is 0.781. The highest BCUT2D eigenvalue weighted by molar-refractivity contribution is 5.84. The van der Waals surface area contributed by atoms with E-state index in [0.717, 1.165) is 36.0 Å². The molecule has 1 aliphatic rings. The number of rotatable bonds is 2. The lowest BCUT2D eigenvalue weighted by Crippen LogP contribution is -2.12. The molecular formula is C16H16N4O. The molecule has 3 aromatic rings. The first kappa shape index (κ1) is 12.5. The fourth-order valence-corrected chi connectivity index (χ4v) is 2.84. The molecule has 1 aliphatic heterocycles. The van der Waals surface area contributed by atoms with Crippen LogP contribution in [-0.2, 0) is 0 Å². The van der Waals surface area contributed by atoms with Crippen molar-refractivity contribution in [3.8, 4) is 11.5 Å². The van der Waals surface area contributed by atoms with Gasteiger partial charge in [-0.05, 0) is 44.0 Å². The maximum absolute atomic E-state index is 5.39. The van der Waals surface area contributed by atoms with Gasteiger partial charge in [0.1, 0.15) is 5.69 Å². The average Bonchev–Trinajstić information content (AvgIpc) is 3.18. The fourth-order valence-electron chi connectivity index (χ4n) is 2.84. The number of hydrogen-bond acceptors (Lipinski definition) is 5. The average molecular weight is 280 g/mol. The Labute approximate surface area is 122 Å². The normalized spacial score (nSPS) is 18.4. The Bertz CT molecular complexity index is 790. The van der Waals surface area contributed by atoms with Gasteiger partial charge >= 0.3 is 0 Å². The van der Waals surface area contributed by atoms with E-state index in [2.05, 4.69) is 33.4 Å². The highest BCUT2D eigenvalue weighted by atomic mass is 16.5. The van der Waals surface area contributed by atoms with E-state index in [4.69, 9.17) is 4.52 Å².